The summed E-state index contributed by atoms with van der Waals surface area (Å²) in [6.07, 6.45) is 85.1. The topological polar surface area (TPSA) is 105 Å². The number of aliphatic hydroxyl groups is 1. The first-order valence-electron chi connectivity index (χ1n) is 34.7. The molecule has 470 valence electrons. The van der Waals surface area contributed by atoms with Crippen molar-refractivity contribution in [1.29, 1.82) is 0 Å². The molecule has 0 aliphatic heterocycles. The number of allylic oxidation sites excluding steroid dienone is 9. The standard InChI is InChI=1S/C71H135N2O6P/c1-6-8-10-12-14-16-18-20-22-24-26-28-30-32-34-36-38-40-42-44-46-48-50-52-54-56-58-60-62-64-70(74)69(68-79-80(76,77)78-67-66-73(3,4)5)72-71(75)65-63-61-59-57-55-53-51-49-47-45-43-41-39-37-35-33-31-29-27-25-23-21-19-17-15-13-11-9-7-2/h9,11,15,17,21,23,27,29,62,64,69-70,74H,6-8,10,12-14,16,18-20,22,24-26,28,30-61,63,65-68H2,1-5H3,(H-,72,75,76,77)/p+1/b11-9-,17-15-,23-21-,29-27-,64-62+. The van der Waals surface area contributed by atoms with Crippen LogP contribution in [-0.4, -0.2) is 73.4 Å². The quantitative estimate of drug-likeness (QED) is 0.0243. The van der Waals surface area contributed by atoms with Gasteiger partial charge in [-0.3, -0.25) is 13.8 Å². The number of likely N-dealkylation sites (N-methyl/N-ethyl adjacent to an activating group) is 1. The predicted molar refractivity (Wildman–Crippen MR) is 350 cm³/mol. The van der Waals surface area contributed by atoms with Gasteiger partial charge in [-0.05, 0) is 57.8 Å². The van der Waals surface area contributed by atoms with E-state index >= 15 is 0 Å². The Kier molecular flexibility index (Phi) is 60.4. The van der Waals surface area contributed by atoms with Crippen molar-refractivity contribution in [2.24, 2.45) is 0 Å². The van der Waals surface area contributed by atoms with E-state index in [1.165, 1.54) is 250 Å². The maximum Gasteiger partial charge on any atom is 0.472 e. The first kappa shape index (κ1) is 78.2. The minimum Gasteiger partial charge on any atom is -0.387 e. The zero-order chi connectivity index (χ0) is 58.4. The molecule has 80 heavy (non-hydrogen) atoms. The van der Waals surface area contributed by atoms with Gasteiger partial charge in [-0.2, -0.15) is 0 Å². The molecule has 3 unspecified atom stereocenters. The number of aliphatic hydroxyl groups excluding tert-OH is 1. The fourth-order valence-electron chi connectivity index (χ4n) is 10.4. The van der Waals surface area contributed by atoms with Crippen molar-refractivity contribution >= 4 is 13.7 Å². The van der Waals surface area contributed by atoms with E-state index in [9.17, 15) is 19.4 Å². The van der Waals surface area contributed by atoms with Crippen molar-refractivity contribution in [3.63, 3.8) is 0 Å². The Morgan fingerprint density at radius 2 is 0.750 bits per heavy atom. The van der Waals surface area contributed by atoms with Crippen LogP contribution >= 0.6 is 7.82 Å². The molecule has 8 nitrogen and oxygen atoms in total. The SMILES string of the molecule is CC/C=C\C/C=C\C/C=C\C/C=C\CCCCCCCCCCCCCCCCCCC(=O)NC(COP(=O)(O)OCC[N+](C)(C)C)C(O)/C=C/CCCCCCCCCCCCCCCCCCCCCCCCCCCCC. The molecule has 0 aromatic rings. The van der Waals surface area contributed by atoms with Crippen molar-refractivity contribution < 1.29 is 32.9 Å². The fraction of sp³-hybridized carbons (Fsp3) is 0.845. The minimum absolute atomic E-state index is 0.0615. The lowest BCUT2D eigenvalue weighted by atomic mass is 10.0. The normalized spacial score (nSPS) is 14.0. The second-order valence-electron chi connectivity index (χ2n) is 24.9. The van der Waals surface area contributed by atoms with E-state index in [4.69, 9.17) is 9.05 Å². The molecule has 3 N–H and O–H groups in total. The van der Waals surface area contributed by atoms with Crippen molar-refractivity contribution in [2.75, 3.05) is 40.9 Å². The van der Waals surface area contributed by atoms with Crippen LogP contribution in [0.1, 0.15) is 335 Å². The second-order valence-corrected chi connectivity index (χ2v) is 26.3. The van der Waals surface area contributed by atoms with Crippen molar-refractivity contribution in [1.82, 2.24) is 5.32 Å². The van der Waals surface area contributed by atoms with Gasteiger partial charge in [0.2, 0.25) is 5.91 Å². The number of carbonyl (C=O) groups excluding carboxylic acids is 1. The molecule has 0 aromatic heterocycles. The molecule has 0 spiro atoms. The Morgan fingerprint density at radius 3 is 1.10 bits per heavy atom. The van der Waals surface area contributed by atoms with Gasteiger partial charge in [-0.15, -0.1) is 0 Å². The smallest absolute Gasteiger partial charge is 0.387 e. The van der Waals surface area contributed by atoms with Gasteiger partial charge in [0.1, 0.15) is 13.2 Å². The molecule has 0 bridgehead atoms. The van der Waals surface area contributed by atoms with Gasteiger partial charge in [0, 0.05) is 6.42 Å². The highest BCUT2D eigenvalue weighted by Crippen LogP contribution is 2.43. The van der Waals surface area contributed by atoms with Crippen LogP contribution in [0.4, 0.5) is 0 Å². The van der Waals surface area contributed by atoms with Crippen LogP contribution in [0.3, 0.4) is 0 Å². The highest BCUT2D eigenvalue weighted by atomic mass is 31.2. The van der Waals surface area contributed by atoms with Crippen LogP contribution in [0.15, 0.2) is 60.8 Å². The Hall–Kier alpha value is -1.80. The summed E-state index contributed by atoms with van der Waals surface area (Å²) in [6, 6.07) is -0.850. The zero-order valence-electron chi connectivity index (χ0n) is 53.8. The molecule has 0 saturated heterocycles. The maximum absolute atomic E-state index is 13.1. The number of carbonyl (C=O) groups is 1. The monoisotopic (exact) mass is 1140 g/mol. The number of phosphoric ester groups is 1. The summed E-state index contributed by atoms with van der Waals surface area (Å²) in [5, 5.41) is 14.0. The third kappa shape index (κ3) is 63.8. The fourth-order valence-corrected chi connectivity index (χ4v) is 11.1. The molecule has 9 heteroatoms. The number of hydrogen-bond donors (Lipinski definition) is 3. The number of rotatable bonds is 64. The van der Waals surface area contributed by atoms with Gasteiger partial charge in [0.15, 0.2) is 0 Å². The van der Waals surface area contributed by atoms with Crippen LogP contribution in [0.2, 0.25) is 0 Å². The van der Waals surface area contributed by atoms with Crippen LogP contribution in [0.5, 0.6) is 0 Å². The van der Waals surface area contributed by atoms with E-state index in [1.54, 1.807) is 6.08 Å². The van der Waals surface area contributed by atoms with Crippen LogP contribution in [-0.2, 0) is 18.4 Å². The molecule has 0 aromatic carbocycles. The molecule has 1 amide bonds. The first-order chi connectivity index (χ1) is 39.0. The number of hydrogen-bond acceptors (Lipinski definition) is 5. The lowest BCUT2D eigenvalue weighted by Gasteiger charge is -2.25. The maximum atomic E-state index is 13.1. The van der Waals surface area contributed by atoms with Gasteiger partial charge in [-0.1, -0.05) is 331 Å². The minimum atomic E-state index is -4.35. The average Bonchev–Trinajstić information content (AvgIpc) is 3.42. The third-order valence-electron chi connectivity index (χ3n) is 15.7. The number of quaternary nitrogens is 1. The third-order valence-corrected chi connectivity index (χ3v) is 16.7. The zero-order valence-corrected chi connectivity index (χ0v) is 54.7. The summed E-state index contributed by atoms with van der Waals surface area (Å²) in [4.78, 5) is 23.4. The Morgan fingerprint density at radius 1 is 0.438 bits per heavy atom. The molecule has 3 atom stereocenters. The number of phosphoric acid groups is 1. The molecule has 0 heterocycles. The highest BCUT2D eigenvalue weighted by molar-refractivity contribution is 7.47. The van der Waals surface area contributed by atoms with Gasteiger partial charge < -0.3 is 19.8 Å². The molecule has 0 aliphatic carbocycles. The van der Waals surface area contributed by atoms with E-state index < -0.39 is 20.0 Å². The van der Waals surface area contributed by atoms with Crippen molar-refractivity contribution in [2.45, 2.75) is 347 Å². The molecule has 0 saturated carbocycles. The molecule has 0 rings (SSSR count). The van der Waals surface area contributed by atoms with E-state index in [1.807, 2.05) is 27.2 Å². The van der Waals surface area contributed by atoms with Crippen molar-refractivity contribution in [3.05, 3.63) is 60.8 Å². The summed E-state index contributed by atoms with van der Waals surface area (Å²) < 4.78 is 23.8. The largest absolute Gasteiger partial charge is 0.472 e. The van der Waals surface area contributed by atoms with E-state index in [-0.39, 0.29) is 19.1 Å². The van der Waals surface area contributed by atoms with Gasteiger partial charge >= 0.3 is 7.82 Å². The second kappa shape index (κ2) is 61.8. The van der Waals surface area contributed by atoms with Crippen LogP contribution in [0.25, 0.3) is 0 Å². The summed E-state index contributed by atoms with van der Waals surface area (Å²) in [5.74, 6) is -0.173. The number of nitrogens with zero attached hydrogens (tertiary/aromatic N) is 1. The lowest BCUT2D eigenvalue weighted by molar-refractivity contribution is -0.870. The summed E-state index contributed by atoms with van der Waals surface area (Å²) in [7, 11) is 1.58. The summed E-state index contributed by atoms with van der Waals surface area (Å²) in [6.45, 7) is 4.75. The van der Waals surface area contributed by atoms with Gasteiger partial charge in [0.25, 0.3) is 0 Å². The van der Waals surface area contributed by atoms with E-state index in [0.29, 0.717) is 17.4 Å². The number of amides is 1. The van der Waals surface area contributed by atoms with E-state index in [0.717, 1.165) is 64.2 Å². The summed E-state index contributed by atoms with van der Waals surface area (Å²) >= 11 is 0. The number of unbranched alkanes of at least 4 members (excludes halogenated alkanes) is 43. The van der Waals surface area contributed by atoms with Gasteiger partial charge in [-0.25, -0.2) is 4.57 Å². The predicted octanol–water partition coefficient (Wildman–Crippen LogP) is 22.0. The van der Waals surface area contributed by atoms with Crippen LogP contribution in [0, 0.1) is 0 Å². The van der Waals surface area contributed by atoms with Crippen LogP contribution < -0.4 is 5.32 Å². The van der Waals surface area contributed by atoms with Gasteiger partial charge in [0.05, 0.1) is 39.9 Å². The Labute approximate surface area is 498 Å². The molecular formula is C71H136N2O6P+. The molecule has 0 aliphatic rings. The Bertz CT molecular complexity index is 1490. The average molecular weight is 1140 g/mol. The molecular weight excluding hydrogens is 1010 g/mol. The summed E-state index contributed by atoms with van der Waals surface area (Å²) in [5.41, 5.74) is 0. The molecule has 0 fully saturated rings. The number of nitrogens with one attached hydrogen (secondary N) is 1. The Balaban J connectivity index is 4.07. The lowest BCUT2D eigenvalue weighted by Crippen LogP contribution is -2.45. The van der Waals surface area contributed by atoms with Crippen molar-refractivity contribution in [3.8, 4) is 0 Å². The highest BCUT2D eigenvalue weighted by Gasteiger charge is 2.28. The molecule has 0 radical (unpaired) electrons. The first-order valence-corrected chi connectivity index (χ1v) is 36.2. The van der Waals surface area contributed by atoms with E-state index in [2.05, 4.69) is 67.8 Å².